The number of ether oxygens (including phenoxy) is 3. The monoisotopic (exact) mass is 538 g/mol. The average Bonchev–Trinajstić information content (AvgIpc) is 2.64. The van der Waals surface area contributed by atoms with Gasteiger partial charge < -0.3 is 44.8 Å². The molecular formula is C24H42O13. The number of hydrogen-bond donors (Lipinski definition) is 6. The van der Waals surface area contributed by atoms with Crippen molar-refractivity contribution in [2.75, 3.05) is 0 Å². The number of carbonyl (C=O) groups excluding carboxylic acids is 3. The summed E-state index contributed by atoms with van der Waals surface area (Å²) in [6.45, 7) is 5.86. The molecule has 0 saturated heterocycles. The Balaban J connectivity index is 4.59. The summed E-state index contributed by atoms with van der Waals surface area (Å²) in [5.74, 6) is -3.54. The van der Waals surface area contributed by atoms with Crippen LogP contribution in [0.4, 0.5) is 0 Å². The van der Waals surface area contributed by atoms with E-state index < -0.39 is 92.0 Å². The zero-order chi connectivity index (χ0) is 28.7. The summed E-state index contributed by atoms with van der Waals surface area (Å²) < 4.78 is 15.4. The number of hydrogen-bond acceptors (Lipinski definition) is 12. The van der Waals surface area contributed by atoms with E-state index >= 15 is 0 Å². The number of carboxylic acid groups (broad SMARTS) is 1. The summed E-state index contributed by atoms with van der Waals surface area (Å²) in [7, 11) is 0. The number of rotatable bonds is 19. The SMILES string of the molecule is C[C@H](C[C@@H](O)CC(=O)O)OC(=O)C[C@H](O)C[C@@H](C)OC(=O)C[C@@H](C[C@@H](C)O)OC(=O)C[C@H](O)C[C@@H](C)O. The highest BCUT2D eigenvalue weighted by Crippen LogP contribution is 2.15. The van der Waals surface area contributed by atoms with Gasteiger partial charge in [0.2, 0.25) is 0 Å². The number of aliphatic hydroxyl groups excluding tert-OH is 5. The third-order valence-electron chi connectivity index (χ3n) is 5.00. The van der Waals surface area contributed by atoms with Gasteiger partial charge in [-0.25, -0.2) is 0 Å². The molecule has 0 aliphatic rings. The van der Waals surface area contributed by atoms with Crippen LogP contribution in [0.5, 0.6) is 0 Å². The molecule has 216 valence electrons. The molecule has 0 aliphatic carbocycles. The normalized spacial score (nSPS) is 17.9. The van der Waals surface area contributed by atoms with Crippen LogP contribution in [-0.4, -0.2) is 103 Å². The van der Waals surface area contributed by atoms with E-state index in [2.05, 4.69) is 0 Å². The molecule has 37 heavy (non-hydrogen) atoms. The maximum absolute atomic E-state index is 12.3. The molecule has 0 aliphatic heterocycles. The molecule has 0 bridgehead atoms. The van der Waals surface area contributed by atoms with Gasteiger partial charge in [0.05, 0.1) is 56.2 Å². The van der Waals surface area contributed by atoms with E-state index in [9.17, 15) is 44.7 Å². The third kappa shape index (κ3) is 19.5. The van der Waals surface area contributed by atoms with Gasteiger partial charge in [-0.05, 0) is 34.1 Å². The topological polar surface area (TPSA) is 217 Å². The van der Waals surface area contributed by atoms with Gasteiger partial charge in [0, 0.05) is 19.3 Å². The molecule has 0 radical (unpaired) electrons. The summed E-state index contributed by atoms with van der Waals surface area (Å²) in [4.78, 5) is 46.9. The molecule has 0 fully saturated rings. The summed E-state index contributed by atoms with van der Waals surface area (Å²) in [6, 6.07) is 0. The molecule has 0 rings (SSSR count). The lowest BCUT2D eigenvalue weighted by atomic mass is 10.1. The molecule has 8 atom stereocenters. The largest absolute Gasteiger partial charge is 0.481 e. The van der Waals surface area contributed by atoms with E-state index in [0.29, 0.717) is 0 Å². The van der Waals surface area contributed by atoms with Crippen LogP contribution in [0.1, 0.15) is 79.1 Å². The second kappa shape index (κ2) is 18.0. The number of esters is 3. The summed E-state index contributed by atoms with van der Waals surface area (Å²) >= 11 is 0. The molecule has 13 nitrogen and oxygen atoms in total. The Kier molecular flexibility index (Phi) is 16.9. The molecular weight excluding hydrogens is 496 g/mol. The minimum absolute atomic E-state index is 0.0306. The van der Waals surface area contributed by atoms with Gasteiger partial charge in [-0.15, -0.1) is 0 Å². The highest BCUT2D eigenvalue weighted by Gasteiger charge is 2.25. The van der Waals surface area contributed by atoms with Gasteiger partial charge in [-0.2, -0.15) is 0 Å². The number of carbonyl (C=O) groups is 4. The number of aliphatic hydroxyl groups is 5. The van der Waals surface area contributed by atoms with Crippen LogP contribution in [0, 0.1) is 0 Å². The van der Waals surface area contributed by atoms with E-state index in [0.717, 1.165) is 0 Å². The Bertz CT molecular complexity index is 709. The van der Waals surface area contributed by atoms with Gasteiger partial charge >= 0.3 is 23.9 Å². The van der Waals surface area contributed by atoms with Gasteiger partial charge in [0.1, 0.15) is 18.3 Å². The van der Waals surface area contributed by atoms with Crippen molar-refractivity contribution in [2.24, 2.45) is 0 Å². The number of aliphatic carboxylic acids is 1. The predicted octanol–water partition coefficient (Wildman–Crippen LogP) is -0.189. The lowest BCUT2D eigenvalue weighted by Gasteiger charge is -2.22. The van der Waals surface area contributed by atoms with E-state index in [-0.39, 0.29) is 32.1 Å². The van der Waals surface area contributed by atoms with E-state index in [1.165, 1.54) is 27.7 Å². The molecule has 0 aromatic carbocycles. The van der Waals surface area contributed by atoms with E-state index in [1.54, 1.807) is 0 Å². The lowest BCUT2D eigenvalue weighted by molar-refractivity contribution is -0.160. The first-order valence-corrected chi connectivity index (χ1v) is 12.3. The van der Waals surface area contributed by atoms with Crippen LogP contribution in [-0.2, 0) is 33.4 Å². The van der Waals surface area contributed by atoms with Gasteiger partial charge in [-0.3, -0.25) is 19.2 Å². The van der Waals surface area contributed by atoms with E-state index in [4.69, 9.17) is 19.3 Å². The predicted molar refractivity (Wildman–Crippen MR) is 127 cm³/mol. The van der Waals surface area contributed by atoms with Crippen molar-refractivity contribution < 1.29 is 64.0 Å². The van der Waals surface area contributed by atoms with Gasteiger partial charge in [0.15, 0.2) is 0 Å². The molecule has 0 amide bonds. The van der Waals surface area contributed by atoms with Gasteiger partial charge in [-0.1, -0.05) is 0 Å². The van der Waals surface area contributed by atoms with Crippen molar-refractivity contribution in [3.05, 3.63) is 0 Å². The lowest BCUT2D eigenvalue weighted by Crippen LogP contribution is -2.30. The Morgan fingerprint density at radius 2 is 0.919 bits per heavy atom. The molecule has 0 aromatic heterocycles. The van der Waals surface area contributed by atoms with Crippen molar-refractivity contribution in [2.45, 2.75) is 128 Å². The van der Waals surface area contributed by atoms with Crippen LogP contribution in [0.3, 0.4) is 0 Å². The molecule has 6 N–H and O–H groups in total. The van der Waals surface area contributed by atoms with Crippen LogP contribution in [0.25, 0.3) is 0 Å². The smallest absolute Gasteiger partial charge is 0.309 e. The second-order valence-corrected chi connectivity index (χ2v) is 9.53. The maximum Gasteiger partial charge on any atom is 0.309 e. The molecule has 0 saturated carbocycles. The maximum atomic E-state index is 12.3. The zero-order valence-electron chi connectivity index (χ0n) is 21.8. The molecule has 0 unspecified atom stereocenters. The minimum Gasteiger partial charge on any atom is -0.481 e. The molecule has 0 heterocycles. The highest BCUT2D eigenvalue weighted by molar-refractivity contribution is 5.73. The summed E-state index contributed by atoms with van der Waals surface area (Å²) in [6.07, 6.45) is -9.83. The fourth-order valence-corrected chi connectivity index (χ4v) is 3.61. The fraction of sp³-hybridized carbons (Fsp3) is 0.833. The van der Waals surface area contributed by atoms with Crippen molar-refractivity contribution in [3.8, 4) is 0 Å². The summed E-state index contributed by atoms with van der Waals surface area (Å²) in [5, 5.41) is 57.0. The van der Waals surface area contributed by atoms with Gasteiger partial charge in [0.25, 0.3) is 0 Å². The first-order chi connectivity index (χ1) is 17.1. The molecule has 0 aromatic rings. The third-order valence-corrected chi connectivity index (χ3v) is 5.00. The van der Waals surface area contributed by atoms with Crippen LogP contribution < -0.4 is 0 Å². The first kappa shape index (κ1) is 34.7. The fourth-order valence-electron chi connectivity index (χ4n) is 3.61. The quantitative estimate of drug-likeness (QED) is 0.0929. The molecule has 13 heteroatoms. The number of carboxylic acids is 1. The van der Waals surface area contributed by atoms with E-state index in [1.807, 2.05) is 0 Å². The average molecular weight is 539 g/mol. The van der Waals surface area contributed by atoms with Crippen molar-refractivity contribution >= 4 is 23.9 Å². The minimum atomic E-state index is -1.21. The highest BCUT2D eigenvalue weighted by atomic mass is 16.6. The van der Waals surface area contributed by atoms with Crippen LogP contribution >= 0.6 is 0 Å². The Labute approximate surface area is 216 Å². The van der Waals surface area contributed by atoms with Crippen molar-refractivity contribution in [1.82, 2.24) is 0 Å². The Hall–Kier alpha value is -2.32. The zero-order valence-corrected chi connectivity index (χ0v) is 21.8. The summed E-state index contributed by atoms with van der Waals surface area (Å²) in [5.41, 5.74) is 0. The Morgan fingerprint density at radius 1 is 0.541 bits per heavy atom. The van der Waals surface area contributed by atoms with Crippen molar-refractivity contribution in [1.29, 1.82) is 0 Å². The van der Waals surface area contributed by atoms with Crippen LogP contribution in [0.2, 0.25) is 0 Å². The standard InChI is InChI=1S/C24H42O13/c1-13(25)5-17(27)10-23(33)37-20(6-14(2)26)12-24(34)36-16(4)8-19(29)11-22(32)35-15(3)7-18(28)9-21(30)31/h13-20,25-29H,5-12H2,1-4H3,(H,30,31)/t13-,14-,15-,16-,17-,18-,19-,20-/m1/s1. The first-order valence-electron chi connectivity index (χ1n) is 12.3. The second-order valence-electron chi connectivity index (χ2n) is 9.53. The van der Waals surface area contributed by atoms with Crippen LogP contribution in [0.15, 0.2) is 0 Å². The van der Waals surface area contributed by atoms with Crippen molar-refractivity contribution in [3.63, 3.8) is 0 Å². The Morgan fingerprint density at radius 3 is 1.35 bits per heavy atom. The molecule has 0 spiro atoms.